The minimum atomic E-state index is 0.466. The Labute approximate surface area is 76.9 Å². The van der Waals surface area contributed by atoms with Gasteiger partial charge in [0, 0.05) is 18.9 Å². The maximum Gasteiger partial charge on any atom is 0.0640 e. The van der Waals surface area contributed by atoms with E-state index in [1.807, 2.05) is 18.2 Å². The molecule has 0 fully saturated rings. The van der Waals surface area contributed by atoms with Crippen LogP contribution >= 0.6 is 0 Å². The number of nitrogens with zero attached hydrogens (tertiary/aromatic N) is 3. The summed E-state index contributed by atoms with van der Waals surface area (Å²) < 4.78 is 0. The van der Waals surface area contributed by atoms with Gasteiger partial charge in [0.1, 0.15) is 0 Å². The van der Waals surface area contributed by atoms with Crippen molar-refractivity contribution in [1.29, 1.82) is 5.26 Å². The molecule has 0 amide bonds. The van der Waals surface area contributed by atoms with Crippen molar-refractivity contribution >= 4 is 6.21 Å². The van der Waals surface area contributed by atoms with Gasteiger partial charge in [0.25, 0.3) is 0 Å². The molecule has 0 saturated carbocycles. The van der Waals surface area contributed by atoms with E-state index in [0.717, 1.165) is 5.56 Å². The van der Waals surface area contributed by atoms with Crippen LogP contribution in [-0.2, 0) is 0 Å². The molecule has 1 N–H and O–H groups in total. The predicted molar refractivity (Wildman–Crippen MR) is 50.1 cm³/mol. The van der Waals surface area contributed by atoms with E-state index in [1.54, 1.807) is 18.6 Å². The molecule has 0 aliphatic carbocycles. The van der Waals surface area contributed by atoms with Crippen molar-refractivity contribution in [3.05, 3.63) is 30.1 Å². The van der Waals surface area contributed by atoms with Crippen LogP contribution in [0.3, 0.4) is 0 Å². The zero-order chi connectivity index (χ0) is 9.36. The fourth-order valence-electron chi connectivity index (χ4n) is 0.746. The van der Waals surface area contributed by atoms with E-state index in [2.05, 4.69) is 15.5 Å². The molecule has 0 aromatic carbocycles. The summed E-state index contributed by atoms with van der Waals surface area (Å²) in [6.07, 6.45) is 5.57. The summed E-state index contributed by atoms with van der Waals surface area (Å²) in [6, 6.07) is 5.73. The quantitative estimate of drug-likeness (QED) is 0.419. The molecule has 4 nitrogen and oxygen atoms in total. The second kappa shape index (κ2) is 5.72. The maximum atomic E-state index is 8.23. The molecule has 1 aromatic heterocycles. The van der Waals surface area contributed by atoms with Gasteiger partial charge in [-0.3, -0.25) is 4.98 Å². The SMILES string of the molecule is N#CCCN/N=C\c1ccncc1. The summed E-state index contributed by atoms with van der Waals surface area (Å²) in [5, 5.41) is 12.2. The molecule has 0 bridgehead atoms. The van der Waals surface area contributed by atoms with Gasteiger partial charge >= 0.3 is 0 Å². The van der Waals surface area contributed by atoms with Crippen molar-refractivity contribution in [3.63, 3.8) is 0 Å². The lowest BCUT2D eigenvalue weighted by molar-refractivity contribution is 0.750. The van der Waals surface area contributed by atoms with E-state index in [0.29, 0.717) is 13.0 Å². The first-order valence-corrected chi connectivity index (χ1v) is 3.96. The highest BCUT2D eigenvalue weighted by molar-refractivity contribution is 5.78. The van der Waals surface area contributed by atoms with Gasteiger partial charge in [-0.15, -0.1) is 0 Å². The molecule has 1 aromatic rings. The summed E-state index contributed by atoms with van der Waals surface area (Å²) in [5.41, 5.74) is 3.75. The first kappa shape index (κ1) is 9.20. The van der Waals surface area contributed by atoms with Crippen molar-refractivity contribution < 1.29 is 0 Å². The number of hydrogen-bond acceptors (Lipinski definition) is 4. The predicted octanol–water partition coefficient (Wildman–Crippen LogP) is 0.919. The van der Waals surface area contributed by atoms with Gasteiger partial charge in [0.2, 0.25) is 0 Å². The third-order valence-corrected chi connectivity index (χ3v) is 1.36. The van der Waals surface area contributed by atoms with Crippen LogP contribution in [0.15, 0.2) is 29.6 Å². The highest BCUT2D eigenvalue weighted by Crippen LogP contribution is 1.89. The smallest absolute Gasteiger partial charge is 0.0640 e. The number of nitrogens with one attached hydrogen (secondary N) is 1. The van der Waals surface area contributed by atoms with Crippen LogP contribution < -0.4 is 5.43 Å². The van der Waals surface area contributed by atoms with Crippen LogP contribution in [0, 0.1) is 11.3 Å². The van der Waals surface area contributed by atoms with E-state index in [-0.39, 0.29) is 0 Å². The number of rotatable bonds is 4. The highest BCUT2D eigenvalue weighted by Gasteiger charge is 1.83. The second-order valence-electron chi connectivity index (χ2n) is 2.35. The summed E-state index contributed by atoms with van der Waals surface area (Å²) in [4.78, 5) is 3.88. The van der Waals surface area contributed by atoms with E-state index in [4.69, 9.17) is 5.26 Å². The Bertz CT molecular complexity index is 299. The molecular weight excluding hydrogens is 164 g/mol. The highest BCUT2D eigenvalue weighted by atomic mass is 15.3. The van der Waals surface area contributed by atoms with Crippen LogP contribution in [0.1, 0.15) is 12.0 Å². The number of hydrazone groups is 1. The van der Waals surface area contributed by atoms with Crippen molar-refractivity contribution in [2.45, 2.75) is 6.42 Å². The van der Waals surface area contributed by atoms with Crippen molar-refractivity contribution in [2.24, 2.45) is 5.10 Å². The molecule has 0 unspecified atom stereocenters. The molecule has 0 spiro atoms. The van der Waals surface area contributed by atoms with E-state index in [1.165, 1.54) is 0 Å². The molecule has 1 rings (SSSR count). The van der Waals surface area contributed by atoms with Crippen molar-refractivity contribution in [3.8, 4) is 6.07 Å². The first-order valence-electron chi connectivity index (χ1n) is 3.96. The fourth-order valence-corrected chi connectivity index (χ4v) is 0.746. The van der Waals surface area contributed by atoms with Gasteiger partial charge < -0.3 is 5.43 Å². The Hall–Kier alpha value is -1.89. The van der Waals surface area contributed by atoms with E-state index in [9.17, 15) is 0 Å². The molecule has 0 aliphatic heterocycles. The Kier molecular flexibility index (Phi) is 4.05. The Balaban J connectivity index is 2.29. The van der Waals surface area contributed by atoms with Gasteiger partial charge in [0.05, 0.1) is 18.7 Å². The van der Waals surface area contributed by atoms with Crippen molar-refractivity contribution in [1.82, 2.24) is 10.4 Å². The molecule has 66 valence electrons. The molecule has 0 saturated heterocycles. The van der Waals surface area contributed by atoms with Crippen LogP contribution in [0.4, 0.5) is 0 Å². The largest absolute Gasteiger partial charge is 0.309 e. The molecule has 0 atom stereocenters. The average molecular weight is 174 g/mol. The third kappa shape index (κ3) is 3.87. The van der Waals surface area contributed by atoms with E-state index >= 15 is 0 Å². The monoisotopic (exact) mass is 174 g/mol. The zero-order valence-electron chi connectivity index (χ0n) is 7.14. The Morgan fingerprint density at radius 3 is 3.00 bits per heavy atom. The second-order valence-corrected chi connectivity index (χ2v) is 2.35. The zero-order valence-corrected chi connectivity index (χ0v) is 7.14. The lowest BCUT2D eigenvalue weighted by atomic mass is 10.3. The summed E-state index contributed by atoms with van der Waals surface area (Å²) in [6.45, 7) is 0.581. The minimum Gasteiger partial charge on any atom is -0.309 e. The molecule has 0 aliphatic rings. The van der Waals surface area contributed by atoms with Gasteiger partial charge in [-0.2, -0.15) is 10.4 Å². The molecule has 13 heavy (non-hydrogen) atoms. The number of pyridine rings is 1. The number of nitriles is 1. The Morgan fingerprint density at radius 2 is 2.31 bits per heavy atom. The molecule has 4 heteroatoms. The maximum absolute atomic E-state index is 8.23. The summed E-state index contributed by atoms with van der Waals surface area (Å²) >= 11 is 0. The fraction of sp³-hybridized carbons (Fsp3) is 0.222. The Morgan fingerprint density at radius 1 is 1.54 bits per heavy atom. The normalized spacial score (nSPS) is 9.77. The third-order valence-electron chi connectivity index (χ3n) is 1.36. The summed E-state index contributed by atoms with van der Waals surface area (Å²) in [7, 11) is 0. The molecule has 0 radical (unpaired) electrons. The standard InChI is InChI=1S/C9H10N4/c10-4-1-5-12-13-8-9-2-6-11-7-3-9/h2-3,6-8,12H,1,5H2/b13-8-. The lowest BCUT2D eigenvalue weighted by Crippen LogP contribution is -2.06. The first-order chi connectivity index (χ1) is 6.43. The van der Waals surface area contributed by atoms with Crippen LogP contribution in [-0.4, -0.2) is 17.7 Å². The van der Waals surface area contributed by atoms with Gasteiger partial charge in [-0.05, 0) is 17.7 Å². The van der Waals surface area contributed by atoms with Gasteiger partial charge in [-0.1, -0.05) is 0 Å². The van der Waals surface area contributed by atoms with Gasteiger partial charge in [0.15, 0.2) is 0 Å². The number of aromatic nitrogens is 1. The van der Waals surface area contributed by atoms with Gasteiger partial charge in [-0.25, -0.2) is 0 Å². The minimum absolute atomic E-state index is 0.466. The molecule has 1 heterocycles. The number of hydrogen-bond donors (Lipinski definition) is 1. The average Bonchev–Trinajstić information content (AvgIpc) is 2.19. The van der Waals surface area contributed by atoms with Crippen LogP contribution in [0.5, 0.6) is 0 Å². The summed E-state index contributed by atoms with van der Waals surface area (Å²) in [5.74, 6) is 0. The topological polar surface area (TPSA) is 61.1 Å². The van der Waals surface area contributed by atoms with Crippen molar-refractivity contribution in [2.75, 3.05) is 6.54 Å². The van der Waals surface area contributed by atoms with E-state index < -0.39 is 0 Å². The van der Waals surface area contributed by atoms with Crippen LogP contribution in [0.25, 0.3) is 0 Å². The van der Waals surface area contributed by atoms with Crippen LogP contribution in [0.2, 0.25) is 0 Å². The molecular formula is C9H10N4. The lowest BCUT2D eigenvalue weighted by Gasteiger charge is -1.93.